The highest BCUT2D eigenvalue weighted by molar-refractivity contribution is 5.92. The van der Waals surface area contributed by atoms with Crippen LogP contribution in [0.4, 0.5) is 5.69 Å². The van der Waals surface area contributed by atoms with E-state index in [1.54, 1.807) is 30.6 Å². The van der Waals surface area contributed by atoms with Crippen molar-refractivity contribution in [2.45, 2.75) is 0 Å². The molecule has 0 fully saturated rings. The van der Waals surface area contributed by atoms with Gasteiger partial charge < -0.3 is 10.5 Å². The number of nitrogens with zero attached hydrogens (tertiary/aromatic N) is 1. The number of rotatable bonds is 2. The fraction of sp³-hybridized carbons (Fsp3) is 0.0769. The van der Waals surface area contributed by atoms with Crippen molar-refractivity contribution in [2.75, 3.05) is 12.8 Å². The summed E-state index contributed by atoms with van der Waals surface area (Å²) < 4.78 is 4.63. The number of hydrogen-bond acceptors (Lipinski definition) is 4. The van der Waals surface area contributed by atoms with Crippen molar-refractivity contribution < 1.29 is 9.53 Å². The normalized spacial score (nSPS) is 9.94. The molecule has 0 saturated carbocycles. The van der Waals surface area contributed by atoms with Crippen molar-refractivity contribution in [3.05, 3.63) is 48.3 Å². The Morgan fingerprint density at radius 2 is 1.94 bits per heavy atom. The SMILES string of the molecule is COC(=O)c1ccc(-c2ccncc2)c(N)c1. The Bertz CT molecular complexity index is 538. The van der Waals surface area contributed by atoms with Gasteiger partial charge in [-0.1, -0.05) is 6.07 Å². The van der Waals surface area contributed by atoms with Gasteiger partial charge in [0, 0.05) is 23.6 Å². The second-order valence-electron chi connectivity index (χ2n) is 3.53. The van der Waals surface area contributed by atoms with E-state index < -0.39 is 5.97 Å². The number of nitrogens with two attached hydrogens (primary N) is 1. The first-order valence-electron chi connectivity index (χ1n) is 5.10. The minimum absolute atomic E-state index is 0.391. The maximum atomic E-state index is 11.3. The summed E-state index contributed by atoms with van der Waals surface area (Å²) in [5, 5.41) is 0. The maximum Gasteiger partial charge on any atom is 0.337 e. The average molecular weight is 228 g/mol. The van der Waals surface area contributed by atoms with Crippen molar-refractivity contribution in [3.8, 4) is 11.1 Å². The van der Waals surface area contributed by atoms with Gasteiger partial charge in [-0.05, 0) is 29.8 Å². The lowest BCUT2D eigenvalue weighted by Gasteiger charge is -2.07. The zero-order valence-corrected chi connectivity index (χ0v) is 9.38. The van der Waals surface area contributed by atoms with Gasteiger partial charge >= 0.3 is 5.97 Å². The summed E-state index contributed by atoms with van der Waals surface area (Å²) in [6.07, 6.45) is 3.39. The number of aromatic nitrogens is 1. The molecule has 0 atom stereocenters. The molecule has 0 spiro atoms. The third-order valence-corrected chi connectivity index (χ3v) is 2.46. The minimum atomic E-state index is -0.391. The van der Waals surface area contributed by atoms with Gasteiger partial charge in [-0.3, -0.25) is 4.98 Å². The Morgan fingerprint density at radius 3 is 2.53 bits per heavy atom. The molecule has 2 aromatic rings. The Morgan fingerprint density at radius 1 is 1.24 bits per heavy atom. The monoisotopic (exact) mass is 228 g/mol. The van der Waals surface area contributed by atoms with Crippen molar-refractivity contribution in [1.82, 2.24) is 4.98 Å². The van der Waals surface area contributed by atoms with Gasteiger partial charge in [0.15, 0.2) is 0 Å². The molecular weight excluding hydrogens is 216 g/mol. The van der Waals surface area contributed by atoms with E-state index in [4.69, 9.17) is 5.73 Å². The molecule has 17 heavy (non-hydrogen) atoms. The molecule has 1 aromatic heterocycles. The highest BCUT2D eigenvalue weighted by atomic mass is 16.5. The molecule has 0 aliphatic carbocycles. The van der Waals surface area contributed by atoms with Crippen LogP contribution in [0.3, 0.4) is 0 Å². The number of carbonyl (C=O) groups is 1. The predicted molar refractivity (Wildman–Crippen MR) is 65.4 cm³/mol. The molecule has 2 rings (SSSR count). The number of nitrogen functional groups attached to an aromatic ring is 1. The lowest BCUT2D eigenvalue weighted by Crippen LogP contribution is -2.02. The quantitative estimate of drug-likeness (QED) is 0.631. The Hall–Kier alpha value is -2.36. The Labute approximate surface area is 99.1 Å². The van der Waals surface area contributed by atoms with Gasteiger partial charge in [-0.25, -0.2) is 4.79 Å². The maximum absolute atomic E-state index is 11.3. The van der Waals surface area contributed by atoms with Crippen LogP contribution in [-0.2, 0) is 4.74 Å². The molecule has 1 heterocycles. The van der Waals surface area contributed by atoms with Gasteiger partial charge in [0.2, 0.25) is 0 Å². The van der Waals surface area contributed by atoms with E-state index in [1.807, 2.05) is 12.1 Å². The number of methoxy groups -OCH3 is 1. The smallest absolute Gasteiger partial charge is 0.337 e. The van der Waals surface area contributed by atoms with Crippen LogP contribution in [0.5, 0.6) is 0 Å². The third-order valence-electron chi connectivity index (χ3n) is 2.46. The van der Waals surface area contributed by atoms with E-state index >= 15 is 0 Å². The van der Waals surface area contributed by atoms with E-state index in [0.717, 1.165) is 11.1 Å². The third kappa shape index (κ3) is 2.25. The van der Waals surface area contributed by atoms with Crippen molar-refractivity contribution in [2.24, 2.45) is 0 Å². The van der Waals surface area contributed by atoms with Crippen molar-refractivity contribution in [1.29, 1.82) is 0 Å². The zero-order chi connectivity index (χ0) is 12.3. The molecule has 4 heteroatoms. The predicted octanol–water partition coefficient (Wildman–Crippen LogP) is 2.12. The summed E-state index contributed by atoms with van der Waals surface area (Å²) in [6.45, 7) is 0. The first-order valence-corrected chi connectivity index (χ1v) is 5.10. The molecule has 0 unspecified atom stereocenters. The van der Waals surface area contributed by atoms with Crippen LogP contribution in [0, 0.1) is 0 Å². The van der Waals surface area contributed by atoms with Gasteiger partial charge in [0.05, 0.1) is 12.7 Å². The Balaban J connectivity index is 2.42. The summed E-state index contributed by atoms with van der Waals surface area (Å²) in [4.78, 5) is 15.3. The van der Waals surface area contributed by atoms with Crippen LogP contribution in [0.25, 0.3) is 11.1 Å². The molecule has 0 aliphatic rings. The van der Waals surface area contributed by atoms with E-state index in [-0.39, 0.29) is 0 Å². The van der Waals surface area contributed by atoms with Crippen molar-refractivity contribution in [3.63, 3.8) is 0 Å². The molecule has 4 nitrogen and oxygen atoms in total. The zero-order valence-electron chi connectivity index (χ0n) is 9.38. The number of ether oxygens (including phenoxy) is 1. The number of carbonyl (C=O) groups excluding carboxylic acids is 1. The van der Waals surface area contributed by atoms with E-state index in [0.29, 0.717) is 11.3 Å². The summed E-state index contributed by atoms with van der Waals surface area (Å²) in [6, 6.07) is 8.84. The Kier molecular flexibility index (Phi) is 3.05. The number of esters is 1. The van der Waals surface area contributed by atoms with Gasteiger partial charge in [-0.15, -0.1) is 0 Å². The van der Waals surface area contributed by atoms with Gasteiger partial charge in [0.1, 0.15) is 0 Å². The number of hydrogen-bond donors (Lipinski definition) is 1. The fourth-order valence-corrected chi connectivity index (χ4v) is 1.60. The first-order chi connectivity index (χ1) is 8.22. The number of benzene rings is 1. The highest BCUT2D eigenvalue weighted by Crippen LogP contribution is 2.26. The molecule has 0 saturated heterocycles. The highest BCUT2D eigenvalue weighted by Gasteiger charge is 2.08. The van der Waals surface area contributed by atoms with Gasteiger partial charge in [0.25, 0.3) is 0 Å². The minimum Gasteiger partial charge on any atom is -0.465 e. The lowest BCUT2D eigenvalue weighted by atomic mass is 10.0. The number of anilines is 1. The molecular formula is C13H12N2O2. The first kappa shape index (κ1) is 11.1. The van der Waals surface area contributed by atoms with Crippen LogP contribution in [0.1, 0.15) is 10.4 Å². The van der Waals surface area contributed by atoms with E-state index in [9.17, 15) is 4.79 Å². The van der Waals surface area contributed by atoms with Crippen LogP contribution in [0.2, 0.25) is 0 Å². The summed E-state index contributed by atoms with van der Waals surface area (Å²) in [7, 11) is 1.34. The van der Waals surface area contributed by atoms with Crippen LogP contribution >= 0.6 is 0 Å². The molecule has 1 aromatic carbocycles. The lowest BCUT2D eigenvalue weighted by molar-refractivity contribution is 0.0601. The van der Waals surface area contributed by atoms with E-state index in [2.05, 4.69) is 9.72 Å². The topological polar surface area (TPSA) is 65.2 Å². The molecule has 0 aliphatic heterocycles. The fourth-order valence-electron chi connectivity index (χ4n) is 1.60. The standard InChI is InChI=1S/C13H12N2O2/c1-17-13(16)10-2-3-11(12(14)8-10)9-4-6-15-7-5-9/h2-8H,14H2,1H3. The summed E-state index contributed by atoms with van der Waals surface area (Å²) in [5.74, 6) is -0.391. The molecule has 2 N–H and O–H groups in total. The summed E-state index contributed by atoms with van der Waals surface area (Å²) >= 11 is 0. The molecule has 0 bridgehead atoms. The van der Waals surface area contributed by atoms with E-state index in [1.165, 1.54) is 7.11 Å². The van der Waals surface area contributed by atoms with Crippen molar-refractivity contribution >= 4 is 11.7 Å². The van der Waals surface area contributed by atoms with Crippen LogP contribution in [-0.4, -0.2) is 18.1 Å². The second kappa shape index (κ2) is 4.65. The molecule has 0 amide bonds. The molecule has 0 radical (unpaired) electrons. The summed E-state index contributed by atoms with van der Waals surface area (Å²) in [5.41, 5.74) is 8.75. The van der Waals surface area contributed by atoms with Gasteiger partial charge in [-0.2, -0.15) is 0 Å². The average Bonchev–Trinajstić information content (AvgIpc) is 2.38. The number of pyridine rings is 1. The van der Waals surface area contributed by atoms with Crippen LogP contribution < -0.4 is 5.73 Å². The molecule has 86 valence electrons. The largest absolute Gasteiger partial charge is 0.465 e. The van der Waals surface area contributed by atoms with Crippen LogP contribution in [0.15, 0.2) is 42.7 Å². The second-order valence-corrected chi connectivity index (χ2v) is 3.53.